The normalized spacial score (nSPS) is 10.3. The Morgan fingerprint density at radius 2 is 1.79 bits per heavy atom. The Kier molecular flexibility index (Phi) is 5.19. The molecule has 0 aliphatic carbocycles. The van der Waals surface area contributed by atoms with Crippen molar-refractivity contribution in [2.45, 2.75) is 6.54 Å². The van der Waals surface area contributed by atoms with Crippen LogP contribution in [-0.4, -0.2) is 28.0 Å². The van der Waals surface area contributed by atoms with E-state index in [9.17, 15) is 4.79 Å². The Balaban J connectivity index is 1.67. The lowest BCUT2D eigenvalue weighted by Gasteiger charge is -2.24. The van der Waals surface area contributed by atoms with Crippen LogP contribution in [0, 0.1) is 0 Å². The molecule has 3 rings (SSSR count). The molecule has 1 aromatic carbocycles. The zero-order valence-electron chi connectivity index (χ0n) is 13.2. The molecule has 6 heteroatoms. The van der Waals surface area contributed by atoms with Gasteiger partial charge in [-0.2, -0.15) is 0 Å². The van der Waals surface area contributed by atoms with Crippen LogP contribution in [0.2, 0.25) is 0 Å². The van der Waals surface area contributed by atoms with Gasteiger partial charge in [0, 0.05) is 38.1 Å². The predicted octanol–water partition coefficient (Wildman–Crippen LogP) is 2.28. The first-order valence-corrected chi connectivity index (χ1v) is 7.80. The number of nitrogens with one attached hydrogen (secondary N) is 2. The minimum atomic E-state index is -0.168. The highest BCUT2D eigenvalue weighted by Crippen LogP contribution is 2.13. The average Bonchev–Trinajstić information content (AvgIpc) is 2.63. The summed E-state index contributed by atoms with van der Waals surface area (Å²) in [6.45, 7) is 2.12. The molecule has 0 amide bonds. The van der Waals surface area contributed by atoms with Crippen molar-refractivity contribution in [1.82, 2.24) is 15.0 Å². The Labute approximate surface area is 140 Å². The maximum atomic E-state index is 11.3. The first-order chi connectivity index (χ1) is 11.8. The lowest BCUT2D eigenvalue weighted by Crippen LogP contribution is -2.30. The SMILES string of the molecule is O=c1ccnc(NCCN(Cc2ccccc2)c2ccccn2)[nH]1. The van der Waals surface area contributed by atoms with Crippen molar-refractivity contribution in [3.05, 3.63) is 82.9 Å². The second-order valence-electron chi connectivity index (χ2n) is 5.30. The van der Waals surface area contributed by atoms with Gasteiger partial charge >= 0.3 is 0 Å². The second kappa shape index (κ2) is 7.92. The zero-order valence-corrected chi connectivity index (χ0v) is 13.2. The van der Waals surface area contributed by atoms with E-state index in [-0.39, 0.29) is 5.56 Å². The minimum Gasteiger partial charge on any atom is -0.354 e. The standard InChI is InChI=1S/C18H19N5O/c24-17-9-11-20-18(22-17)21-12-13-23(16-8-4-5-10-19-16)14-15-6-2-1-3-7-15/h1-11H,12-14H2,(H2,20,21,22,24). The van der Waals surface area contributed by atoms with E-state index in [1.807, 2.05) is 36.4 Å². The minimum absolute atomic E-state index is 0.168. The number of benzene rings is 1. The molecular formula is C18H19N5O. The second-order valence-corrected chi connectivity index (χ2v) is 5.30. The Bertz CT molecular complexity index is 804. The molecule has 2 heterocycles. The molecule has 24 heavy (non-hydrogen) atoms. The molecule has 0 radical (unpaired) electrons. The van der Waals surface area contributed by atoms with Crippen molar-refractivity contribution < 1.29 is 0 Å². The van der Waals surface area contributed by atoms with Gasteiger partial charge in [0.05, 0.1) is 0 Å². The summed E-state index contributed by atoms with van der Waals surface area (Å²) in [6.07, 6.45) is 3.28. The summed E-state index contributed by atoms with van der Waals surface area (Å²) in [5, 5.41) is 3.14. The van der Waals surface area contributed by atoms with Gasteiger partial charge in [-0.1, -0.05) is 36.4 Å². The summed E-state index contributed by atoms with van der Waals surface area (Å²) >= 11 is 0. The summed E-state index contributed by atoms with van der Waals surface area (Å²) in [7, 11) is 0. The third kappa shape index (κ3) is 4.42. The maximum Gasteiger partial charge on any atom is 0.252 e. The van der Waals surface area contributed by atoms with Crippen LogP contribution in [0.5, 0.6) is 0 Å². The number of rotatable bonds is 7. The number of nitrogens with zero attached hydrogens (tertiary/aromatic N) is 3. The number of pyridine rings is 1. The molecule has 0 atom stereocenters. The summed E-state index contributed by atoms with van der Waals surface area (Å²) < 4.78 is 0. The van der Waals surface area contributed by atoms with Crippen LogP contribution in [0.1, 0.15) is 5.56 Å². The number of aromatic amines is 1. The van der Waals surface area contributed by atoms with Crippen molar-refractivity contribution >= 4 is 11.8 Å². The molecule has 0 aliphatic rings. The summed E-state index contributed by atoms with van der Waals surface area (Å²) in [4.78, 5) is 24.7. The van der Waals surface area contributed by atoms with E-state index in [1.54, 1.807) is 6.20 Å². The fourth-order valence-electron chi connectivity index (χ4n) is 2.39. The van der Waals surface area contributed by atoms with Crippen molar-refractivity contribution in [2.24, 2.45) is 0 Å². The van der Waals surface area contributed by atoms with Gasteiger partial charge < -0.3 is 10.2 Å². The average molecular weight is 321 g/mol. The van der Waals surface area contributed by atoms with Crippen LogP contribution < -0.4 is 15.8 Å². The van der Waals surface area contributed by atoms with Gasteiger partial charge in [-0.05, 0) is 17.7 Å². The molecule has 0 spiro atoms. The molecule has 0 bridgehead atoms. The van der Waals surface area contributed by atoms with Gasteiger partial charge in [0.2, 0.25) is 5.95 Å². The van der Waals surface area contributed by atoms with Gasteiger partial charge in [-0.3, -0.25) is 9.78 Å². The smallest absolute Gasteiger partial charge is 0.252 e. The Morgan fingerprint density at radius 1 is 0.958 bits per heavy atom. The van der Waals surface area contributed by atoms with Crippen LogP contribution in [0.15, 0.2) is 71.8 Å². The van der Waals surface area contributed by atoms with Gasteiger partial charge in [-0.15, -0.1) is 0 Å². The van der Waals surface area contributed by atoms with E-state index in [1.165, 1.54) is 17.8 Å². The number of anilines is 2. The van der Waals surface area contributed by atoms with Gasteiger partial charge in [0.1, 0.15) is 5.82 Å². The highest BCUT2D eigenvalue weighted by molar-refractivity contribution is 5.39. The fraction of sp³-hybridized carbons (Fsp3) is 0.167. The lowest BCUT2D eigenvalue weighted by molar-refractivity contribution is 0.786. The fourth-order valence-corrected chi connectivity index (χ4v) is 2.39. The van der Waals surface area contributed by atoms with E-state index < -0.39 is 0 Å². The van der Waals surface area contributed by atoms with Gasteiger partial charge in [0.25, 0.3) is 5.56 Å². The van der Waals surface area contributed by atoms with Crippen molar-refractivity contribution in [3.63, 3.8) is 0 Å². The first-order valence-electron chi connectivity index (χ1n) is 7.80. The summed E-state index contributed by atoms with van der Waals surface area (Å²) in [5.41, 5.74) is 1.05. The first kappa shape index (κ1) is 15.7. The predicted molar refractivity (Wildman–Crippen MR) is 95.1 cm³/mol. The molecular weight excluding hydrogens is 302 g/mol. The molecule has 0 fully saturated rings. The van der Waals surface area contributed by atoms with Crippen LogP contribution in [0.3, 0.4) is 0 Å². The van der Waals surface area contributed by atoms with Gasteiger partial charge in [-0.25, -0.2) is 9.97 Å². The third-order valence-electron chi connectivity index (χ3n) is 3.53. The number of H-pyrrole nitrogens is 1. The Morgan fingerprint density at radius 3 is 2.54 bits per heavy atom. The molecule has 0 saturated heterocycles. The van der Waals surface area contributed by atoms with E-state index in [0.29, 0.717) is 12.5 Å². The molecule has 2 N–H and O–H groups in total. The van der Waals surface area contributed by atoms with Crippen molar-refractivity contribution in [2.75, 3.05) is 23.3 Å². The zero-order chi connectivity index (χ0) is 16.6. The molecule has 0 unspecified atom stereocenters. The summed E-state index contributed by atoms with van der Waals surface area (Å²) in [6, 6.07) is 17.5. The summed E-state index contributed by atoms with van der Waals surface area (Å²) in [5.74, 6) is 1.39. The monoisotopic (exact) mass is 321 g/mol. The highest BCUT2D eigenvalue weighted by Gasteiger charge is 2.08. The van der Waals surface area contributed by atoms with E-state index >= 15 is 0 Å². The largest absolute Gasteiger partial charge is 0.354 e. The van der Waals surface area contributed by atoms with Crippen molar-refractivity contribution in [1.29, 1.82) is 0 Å². The maximum absolute atomic E-state index is 11.3. The topological polar surface area (TPSA) is 73.9 Å². The number of hydrogen-bond donors (Lipinski definition) is 2. The molecule has 2 aromatic heterocycles. The van der Waals surface area contributed by atoms with Crippen LogP contribution >= 0.6 is 0 Å². The lowest BCUT2D eigenvalue weighted by atomic mass is 10.2. The molecule has 3 aromatic rings. The molecule has 122 valence electrons. The van der Waals surface area contributed by atoms with Crippen LogP contribution in [-0.2, 0) is 6.54 Å². The van der Waals surface area contributed by atoms with Gasteiger partial charge in [0.15, 0.2) is 0 Å². The van der Waals surface area contributed by atoms with E-state index in [0.717, 1.165) is 18.9 Å². The molecule has 0 aliphatic heterocycles. The molecule has 6 nitrogen and oxygen atoms in total. The third-order valence-corrected chi connectivity index (χ3v) is 3.53. The van der Waals surface area contributed by atoms with E-state index in [4.69, 9.17) is 0 Å². The number of hydrogen-bond acceptors (Lipinski definition) is 5. The Hall–Kier alpha value is -3.15. The van der Waals surface area contributed by atoms with Crippen LogP contribution in [0.4, 0.5) is 11.8 Å². The quantitative estimate of drug-likeness (QED) is 0.698. The number of aromatic nitrogens is 3. The van der Waals surface area contributed by atoms with E-state index in [2.05, 4.69) is 37.3 Å². The van der Waals surface area contributed by atoms with Crippen LogP contribution in [0.25, 0.3) is 0 Å². The van der Waals surface area contributed by atoms with Crippen molar-refractivity contribution in [3.8, 4) is 0 Å². The molecule has 0 saturated carbocycles. The highest BCUT2D eigenvalue weighted by atomic mass is 16.1.